The van der Waals surface area contributed by atoms with Crippen LogP contribution in [-0.2, 0) is 42.1 Å². The van der Waals surface area contributed by atoms with Gasteiger partial charge in [0.15, 0.2) is 20.6 Å². The number of hydrogen-bond donors (Lipinski definition) is 0. The molecule has 8 nitrogen and oxygen atoms in total. The van der Waals surface area contributed by atoms with Gasteiger partial charge in [0.25, 0.3) is 0 Å². The summed E-state index contributed by atoms with van der Waals surface area (Å²) in [5.41, 5.74) is -1.19. The molecule has 16 heteroatoms. The molecule has 1 aliphatic rings. The number of benzene rings is 1. The Kier molecular flexibility index (Phi) is 8.09. The molecule has 3 rings (SSSR count). The third kappa shape index (κ3) is 6.46. The average Bonchev–Trinajstić information content (AvgIpc) is 3.21. The van der Waals surface area contributed by atoms with Gasteiger partial charge in [-0.15, -0.1) is 0 Å². The number of halogens is 6. The summed E-state index contributed by atoms with van der Waals surface area (Å²) in [6, 6.07) is 4.16. The Labute approximate surface area is 209 Å². The number of hydrogen-bond acceptors (Lipinski definition) is 7. The molecule has 1 saturated heterocycles. The first-order valence-corrected chi connectivity index (χ1v) is 14.0. The smallest absolute Gasteiger partial charge is 0.372 e. The molecule has 1 aliphatic heterocycles. The molecule has 0 radical (unpaired) electrons. The lowest BCUT2D eigenvalue weighted by molar-refractivity contribution is -0.137. The van der Waals surface area contributed by atoms with Crippen LogP contribution in [0.15, 0.2) is 40.3 Å². The van der Waals surface area contributed by atoms with Crippen molar-refractivity contribution in [3.05, 3.63) is 41.6 Å². The second-order valence-electron chi connectivity index (χ2n) is 8.70. The van der Waals surface area contributed by atoms with Crippen molar-refractivity contribution < 1.29 is 52.7 Å². The van der Waals surface area contributed by atoms with Crippen molar-refractivity contribution in [3.63, 3.8) is 0 Å². The van der Waals surface area contributed by atoms with Gasteiger partial charge in [-0.2, -0.15) is 31.4 Å². The molecule has 0 spiro atoms. The van der Waals surface area contributed by atoms with E-state index in [1.807, 2.05) is 0 Å². The number of alkyl halides is 6. The predicted octanol–water partition coefficient (Wildman–Crippen LogP) is 4.32. The molecular weight excluding hydrogens is 554 g/mol. The Morgan fingerprint density at radius 1 is 1.14 bits per heavy atom. The zero-order valence-electron chi connectivity index (χ0n) is 19.6. The first-order valence-electron chi connectivity index (χ1n) is 10.9. The fourth-order valence-corrected chi connectivity index (χ4v) is 6.85. The monoisotopic (exact) mass is 578 g/mol. The first-order chi connectivity index (χ1) is 16.9. The first kappa shape index (κ1) is 29.4. The van der Waals surface area contributed by atoms with E-state index < -0.39 is 64.1 Å². The zero-order chi connectivity index (χ0) is 27.9. The van der Waals surface area contributed by atoms with Crippen molar-refractivity contribution in [2.24, 2.45) is 0 Å². The van der Waals surface area contributed by atoms with Crippen LogP contribution >= 0.6 is 0 Å². The van der Waals surface area contributed by atoms with Crippen LogP contribution in [0.4, 0.5) is 26.3 Å². The lowest BCUT2D eigenvalue weighted by Gasteiger charge is -2.37. The maximum Gasteiger partial charge on any atom is 0.416 e. The molecule has 0 bridgehead atoms. The van der Waals surface area contributed by atoms with E-state index in [4.69, 9.17) is 9.47 Å². The van der Waals surface area contributed by atoms with E-state index in [0.717, 1.165) is 28.9 Å². The quantitative estimate of drug-likeness (QED) is 0.430. The number of rotatable bonds is 8. The van der Waals surface area contributed by atoms with Crippen LogP contribution in [0, 0.1) is 0 Å². The van der Waals surface area contributed by atoms with Crippen LogP contribution < -0.4 is 0 Å². The maximum atomic E-state index is 13.5. The maximum absolute atomic E-state index is 13.5. The molecule has 2 aromatic rings. The number of nitrogens with zero attached hydrogens (tertiary/aromatic N) is 2. The van der Waals surface area contributed by atoms with E-state index in [0.29, 0.717) is 6.07 Å². The summed E-state index contributed by atoms with van der Waals surface area (Å²) >= 11 is 0. The van der Waals surface area contributed by atoms with Gasteiger partial charge in [0.1, 0.15) is 12.8 Å². The summed E-state index contributed by atoms with van der Waals surface area (Å²) in [6.45, 7) is 2.55. The summed E-state index contributed by atoms with van der Waals surface area (Å²) in [4.78, 5) is -0.554. The van der Waals surface area contributed by atoms with Gasteiger partial charge in [-0.3, -0.25) is 0 Å². The summed E-state index contributed by atoms with van der Waals surface area (Å²) in [7, 11) is -9.26. The Balaban J connectivity index is 2.00. The van der Waals surface area contributed by atoms with Crippen LogP contribution in [0.1, 0.15) is 44.1 Å². The fraction of sp³-hybridized carbons (Fsp3) is 0.571. The normalized spacial score (nSPS) is 21.8. The van der Waals surface area contributed by atoms with Crippen LogP contribution in [0.25, 0.3) is 0 Å². The van der Waals surface area contributed by atoms with Crippen LogP contribution in [-0.4, -0.2) is 56.5 Å². The van der Waals surface area contributed by atoms with Crippen molar-refractivity contribution in [3.8, 4) is 0 Å². The van der Waals surface area contributed by atoms with E-state index >= 15 is 0 Å². The van der Waals surface area contributed by atoms with Gasteiger partial charge < -0.3 is 9.47 Å². The molecule has 2 unspecified atom stereocenters. The van der Waals surface area contributed by atoms with Gasteiger partial charge in [-0.25, -0.2) is 21.5 Å². The van der Waals surface area contributed by atoms with Gasteiger partial charge in [0.2, 0.25) is 9.84 Å². The molecule has 0 saturated carbocycles. The minimum atomic E-state index is -5.03. The van der Waals surface area contributed by atoms with Gasteiger partial charge >= 0.3 is 12.4 Å². The molecule has 37 heavy (non-hydrogen) atoms. The summed E-state index contributed by atoms with van der Waals surface area (Å²) in [5, 5.41) is 2.84. The molecule has 0 amide bonds. The minimum absolute atomic E-state index is 0.0423. The van der Waals surface area contributed by atoms with Crippen molar-refractivity contribution in [2.45, 2.75) is 66.5 Å². The summed E-state index contributed by atoms with van der Waals surface area (Å²) in [6.07, 6.45) is -11.4. The molecule has 2 atom stereocenters. The summed E-state index contributed by atoms with van der Waals surface area (Å²) < 4.78 is 140. The third-order valence-electron chi connectivity index (χ3n) is 5.90. The van der Waals surface area contributed by atoms with Crippen molar-refractivity contribution in [2.75, 3.05) is 19.0 Å². The van der Waals surface area contributed by atoms with Gasteiger partial charge in [-0.1, -0.05) is 6.07 Å². The zero-order valence-corrected chi connectivity index (χ0v) is 21.3. The molecule has 1 aromatic heterocycles. The minimum Gasteiger partial charge on any atom is -0.372 e. The van der Waals surface area contributed by atoms with E-state index in [9.17, 15) is 43.2 Å². The number of ether oxygens (including phenoxy) is 2. The lowest BCUT2D eigenvalue weighted by atomic mass is 9.95. The van der Waals surface area contributed by atoms with Crippen molar-refractivity contribution in [1.82, 2.24) is 9.78 Å². The molecule has 0 N–H and O–H groups in total. The Bertz CT molecular complexity index is 1340. The van der Waals surface area contributed by atoms with E-state index in [1.54, 1.807) is 6.92 Å². The van der Waals surface area contributed by atoms with Crippen molar-refractivity contribution >= 4 is 19.7 Å². The summed E-state index contributed by atoms with van der Waals surface area (Å²) in [5.74, 6) is -2.15. The standard InChI is InChI=1S/C21H24F6N2O6S2/c1-3-34-13-29-16(10-18(28-29)36(30,31)12-20(22,23)24)17-11-19(2,7-8-35-17)37(32,33)15-6-4-5-14(9-15)21(25,26)27/h4-6,9-10,17H,3,7-8,11-13H2,1-2H3. The third-order valence-corrected chi connectivity index (χ3v) is 9.98. The number of aromatic nitrogens is 2. The van der Waals surface area contributed by atoms with Crippen LogP contribution in [0.2, 0.25) is 0 Å². The Hall–Kier alpha value is -2.17. The van der Waals surface area contributed by atoms with Gasteiger partial charge in [0.05, 0.1) is 20.9 Å². The molecular formula is C21H24F6N2O6S2. The van der Waals surface area contributed by atoms with Crippen LogP contribution in [0.5, 0.6) is 0 Å². The molecule has 0 aliphatic carbocycles. The Morgan fingerprint density at radius 2 is 1.81 bits per heavy atom. The fourth-order valence-electron chi connectivity index (χ4n) is 3.92. The highest BCUT2D eigenvalue weighted by Gasteiger charge is 2.47. The van der Waals surface area contributed by atoms with Gasteiger partial charge in [-0.05, 0) is 44.9 Å². The predicted molar refractivity (Wildman–Crippen MR) is 117 cm³/mol. The molecule has 1 fully saturated rings. The molecule has 2 heterocycles. The topological polar surface area (TPSA) is 105 Å². The van der Waals surface area contributed by atoms with E-state index in [-0.39, 0.29) is 38.5 Å². The lowest BCUT2D eigenvalue weighted by Crippen LogP contribution is -2.42. The Morgan fingerprint density at radius 3 is 2.41 bits per heavy atom. The van der Waals surface area contributed by atoms with E-state index in [2.05, 4.69) is 5.10 Å². The second kappa shape index (κ2) is 10.2. The van der Waals surface area contributed by atoms with Crippen LogP contribution in [0.3, 0.4) is 0 Å². The SMILES string of the molecule is CCOCn1nc(S(=O)(=O)CC(F)(F)F)cc1C1CC(C)(S(=O)(=O)c2cccc(C(F)(F)F)c2)CCO1. The van der Waals surface area contributed by atoms with Gasteiger partial charge in [0, 0.05) is 19.3 Å². The average molecular weight is 579 g/mol. The second-order valence-corrected chi connectivity index (χ2v) is 13.1. The largest absolute Gasteiger partial charge is 0.416 e. The highest BCUT2D eigenvalue weighted by atomic mass is 32.2. The molecule has 1 aromatic carbocycles. The van der Waals surface area contributed by atoms with Crippen molar-refractivity contribution in [1.29, 1.82) is 0 Å². The van der Waals surface area contributed by atoms with E-state index in [1.165, 1.54) is 6.92 Å². The molecule has 208 valence electrons. The number of sulfone groups is 2. The highest BCUT2D eigenvalue weighted by molar-refractivity contribution is 7.92. The highest BCUT2D eigenvalue weighted by Crippen LogP contribution is 2.43.